The van der Waals surface area contributed by atoms with Gasteiger partial charge in [0.1, 0.15) is 0 Å². The van der Waals surface area contributed by atoms with Crippen molar-refractivity contribution < 1.29 is 0 Å². The van der Waals surface area contributed by atoms with Gasteiger partial charge >= 0.3 is 0 Å². The van der Waals surface area contributed by atoms with Gasteiger partial charge in [0.15, 0.2) is 0 Å². The van der Waals surface area contributed by atoms with Crippen LogP contribution in [0.2, 0.25) is 0 Å². The molecule has 0 radical (unpaired) electrons. The van der Waals surface area contributed by atoms with Crippen LogP contribution in [0.25, 0.3) is 0 Å². The van der Waals surface area contributed by atoms with Crippen molar-refractivity contribution in [1.82, 2.24) is 4.90 Å². The van der Waals surface area contributed by atoms with Crippen LogP contribution >= 0.6 is 11.8 Å². The fraction of sp³-hybridized carbons (Fsp3) is 0.647. The normalized spacial score (nSPS) is 24.1. The second kappa shape index (κ2) is 6.59. The lowest BCUT2D eigenvalue weighted by atomic mass is 10.0. The van der Waals surface area contributed by atoms with E-state index in [1.54, 1.807) is 0 Å². The SMILES string of the molecule is CCC1CN(C(CN)c2ccc3c(c2)CCN3C)CCS1. The molecule has 1 fully saturated rings. The monoisotopic (exact) mass is 305 g/mol. The topological polar surface area (TPSA) is 32.5 Å². The Labute approximate surface area is 132 Å². The van der Waals surface area contributed by atoms with Gasteiger partial charge in [-0.25, -0.2) is 0 Å². The Bertz CT molecular complexity index is 491. The summed E-state index contributed by atoms with van der Waals surface area (Å²) >= 11 is 2.12. The van der Waals surface area contributed by atoms with Gasteiger partial charge in [-0.3, -0.25) is 4.90 Å². The van der Waals surface area contributed by atoms with Crippen molar-refractivity contribution in [2.75, 3.05) is 43.9 Å². The number of likely N-dealkylation sites (N-methyl/N-ethyl adjacent to an activating group) is 1. The molecule has 2 atom stereocenters. The Morgan fingerprint density at radius 3 is 3.00 bits per heavy atom. The van der Waals surface area contributed by atoms with E-state index in [1.165, 1.54) is 48.5 Å². The van der Waals surface area contributed by atoms with Gasteiger partial charge in [0.25, 0.3) is 0 Å². The number of hydrogen-bond acceptors (Lipinski definition) is 4. The third-order valence-corrected chi connectivity index (χ3v) is 6.28. The van der Waals surface area contributed by atoms with Crippen LogP contribution in [0.1, 0.15) is 30.5 Å². The van der Waals surface area contributed by atoms with Crippen molar-refractivity contribution in [3.05, 3.63) is 29.3 Å². The van der Waals surface area contributed by atoms with Gasteiger partial charge in [0.05, 0.1) is 0 Å². The highest BCUT2D eigenvalue weighted by Crippen LogP contribution is 2.33. The van der Waals surface area contributed by atoms with Crippen LogP contribution in [0.5, 0.6) is 0 Å². The van der Waals surface area contributed by atoms with E-state index >= 15 is 0 Å². The second-order valence-corrected chi connectivity index (χ2v) is 7.62. The van der Waals surface area contributed by atoms with E-state index in [2.05, 4.69) is 53.7 Å². The minimum absolute atomic E-state index is 0.385. The van der Waals surface area contributed by atoms with Crippen molar-refractivity contribution in [2.45, 2.75) is 31.1 Å². The van der Waals surface area contributed by atoms with Crippen molar-refractivity contribution in [3.63, 3.8) is 0 Å². The number of hydrogen-bond donors (Lipinski definition) is 1. The molecule has 0 amide bonds. The van der Waals surface area contributed by atoms with Crippen LogP contribution in [0.3, 0.4) is 0 Å². The summed E-state index contributed by atoms with van der Waals surface area (Å²) in [4.78, 5) is 4.95. The maximum Gasteiger partial charge on any atom is 0.0471 e. The highest BCUT2D eigenvalue weighted by Gasteiger charge is 2.27. The quantitative estimate of drug-likeness (QED) is 0.926. The Morgan fingerprint density at radius 2 is 2.24 bits per heavy atom. The maximum absolute atomic E-state index is 6.14. The predicted octanol–water partition coefficient (Wildman–Crippen LogP) is 2.51. The molecule has 2 aliphatic rings. The van der Waals surface area contributed by atoms with E-state index in [4.69, 9.17) is 5.73 Å². The standard InChI is InChI=1S/C17H27N3S/c1-3-15-12-20(8-9-21-15)17(11-18)13-4-5-16-14(10-13)6-7-19(16)2/h4-5,10,15,17H,3,6-9,11-12,18H2,1-2H3. The van der Waals surface area contributed by atoms with Gasteiger partial charge in [-0.15, -0.1) is 0 Å². The summed E-state index contributed by atoms with van der Waals surface area (Å²) < 4.78 is 0. The first-order chi connectivity index (χ1) is 10.2. The minimum atomic E-state index is 0.385. The number of benzene rings is 1. The predicted molar refractivity (Wildman–Crippen MR) is 93.3 cm³/mol. The molecule has 3 rings (SSSR count). The third kappa shape index (κ3) is 3.08. The molecule has 0 bridgehead atoms. The summed E-state index contributed by atoms with van der Waals surface area (Å²) in [5, 5.41) is 0.772. The van der Waals surface area contributed by atoms with E-state index in [0.29, 0.717) is 6.04 Å². The zero-order valence-electron chi connectivity index (χ0n) is 13.2. The van der Waals surface area contributed by atoms with Crippen LogP contribution in [-0.2, 0) is 6.42 Å². The molecular formula is C17H27N3S. The third-order valence-electron chi connectivity index (χ3n) is 4.91. The van der Waals surface area contributed by atoms with Crippen molar-refractivity contribution in [3.8, 4) is 0 Å². The Hall–Kier alpha value is -0.710. The van der Waals surface area contributed by atoms with Gasteiger partial charge in [-0.05, 0) is 30.0 Å². The van der Waals surface area contributed by atoms with Gasteiger partial charge in [0, 0.05) is 56.0 Å². The van der Waals surface area contributed by atoms with E-state index in [-0.39, 0.29) is 0 Å². The summed E-state index contributed by atoms with van der Waals surface area (Å²) in [5.74, 6) is 1.24. The van der Waals surface area contributed by atoms with Crippen LogP contribution < -0.4 is 10.6 Å². The molecule has 4 heteroatoms. The van der Waals surface area contributed by atoms with Crippen LogP contribution in [0, 0.1) is 0 Å². The van der Waals surface area contributed by atoms with E-state index in [9.17, 15) is 0 Å². The lowest BCUT2D eigenvalue weighted by Crippen LogP contribution is -2.42. The maximum atomic E-state index is 6.14. The van der Waals surface area contributed by atoms with Crippen molar-refractivity contribution in [2.24, 2.45) is 5.73 Å². The highest BCUT2D eigenvalue weighted by molar-refractivity contribution is 8.00. The smallest absolute Gasteiger partial charge is 0.0471 e. The van der Waals surface area contributed by atoms with Crippen LogP contribution in [0.4, 0.5) is 5.69 Å². The molecule has 1 aromatic carbocycles. The van der Waals surface area contributed by atoms with Crippen LogP contribution in [0.15, 0.2) is 18.2 Å². The van der Waals surface area contributed by atoms with Gasteiger partial charge < -0.3 is 10.6 Å². The zero-order chi connectivity index (χ0) is 14.8. The number of thioether (sulfide) groups is 1. The number of nitrogens with zero attached hydrogens (tertiary/aromatic N) is 2. The average Bonchev–Trinajstić information content (AvgIpc) is 2.89. The Morgan fingerprint density at radius 1 is 1.38 bits per heavy atom. The van der Waals surface area contributed by atoms with E-state index in [1.807, 2.05) is 0 Å². The first-order valence-corrected chi connectivity index (χ1v) is 9.17. The molecule has 2 N–H and O–H groups in total. The molecule has 0 spiro atoms. The Balaban J connectivity index is 1.80. The van der Waals surface area contributed by atoms with Gasteiger partial charge in [-0.2, -0.15) is 11.8 Å². The molecule has 0 saturated carbocycles. The molecule has 21 heavy (non-hydrogen) atoms. The number of nitrogens with two attached hydrogens (primary N) is 1. The Kier molecular flexibility index (Phi) is 4.77. The first kappa shape index (κ1) is 15.2. The number of fused-ring (bicyclic) bond motifs is 1. The lowest BCUT2D eigenvalue weighted by molar-refractivity contribution is 0.207. The molecule has 0 aliphatic carbocycles. The fourth-order valence-corrected chi connectivity index (χ4v) is 4.77. The molecule has 1 saturated heterocycles. The summed E-state index contributed by atoms with van der Waals surface area (Å²) in [6.07, 6.45) is 2.43. The minimum Gasteiger partial charge on any atom is -0.374 e. The lowest BCUT2D eigenvalue weighted by Gasteiger charge is -2.37. The molecule has 1 aromatic rings. The van der Waals surface area contributed by atoms with Crippen molar-refractivity contribution in [1.29, 1.82) is 0 Å². The van der Waals surface area contributed by atoms with Gasteiger partial charge in [-0.1, -0.05) is 19.1 Å². The zero-order valence-corrected chi connectivity index (χ0v) is 14.0. The summed E-state index contributed by atoms with van der Waals surface area (Å²) in [5.41, 5.74) is 10.4. The van der Waals surface area contributed by atoms with Crippen LogP contribution in [-0.4, -0.2) is 49.1 Å². The van der Waals surface area contributed by atoms with E-state index in [0.717, 1.165) is 18.3 Å². The summed E-state index contributed by atoms with van der Waals surface area (Å²) in [6.45, 7) is 6.50. The molecular weight excluding hydrogens is 278 g/mol. The molecule has 116 valence electrons. The highest BCUT2D eigenvalue weighted by atomic mass is 32.2. The summed E-state index contributed by atoms with van der Waals surface area (Å²) in [7, 11) is 2.18. The molecule has 3 nitrogen and oxygen atoms in total. The summed E-state index contributed by atoms with van der Waals surface area (Å²) in [6, 6.07) is 7.37. The molecule has 2 unspecified atom stereocenters. The fourth-order valence-electron chi connectivity index (χ4n) is 3.56. The van der Waals surface area contributed by atoms with E-state index < -0.39 is 0 Å². The largest absolute Gasteiger partial charge is 0.374 e. The van der Waals surface area contributed by atoms with Crippen molar-refractivity contribution >= 4 is 17.4 Å². The second-order valence-electron chi connectivity index (χ2n) is 6.21. The molecule has 0 aromatic heterocycles. The molecule has 2 heterocycles. The number of rotatable bonds is 4. The molecule has 2 aliphatic heterocycles. The first-order valence-electron chi connectivity index (χ1n) is 8.12. The average molecular weight is 305 g/mol. The van der Waals surface area contributed by atoms with Gasteiger partial charge in [0.2, 0.25) is 0 Å². The number of anilines is 1.